The van der Waals surface area contributed by atoms with Gasteiger partial charge in [-0.05, 0) is 17.7 Å². The Hall–Kier alpha value is -1.40. The number of ether oxygens (including phenoxy) is 1. The van der Waals surface area contributed by atoms with Gasteiger partial charge in [-0.15, -0.1) is 0 Å². The molecule has 60 valence electrons. The van der Waals surface area contributed by atoms with Crippen molar-refractivity contribution in [2.75, 3.05) is 0 Å². The third kappa shape index (κ3) is 1.17. The van der Waals surface area contributed by atoms with Crippen LogP contribution in [0.5, 0.6) is 0 Å². The first-order chi connectivity index (χ1) is 5.81. The molecular formula is C9H6FNO. The molecule has 12 heavy (non-hydrogen) atoms. The molecule has 1 heterocycles. The van der Waals surface area contributed by atoms with Gasteiger partial charge in [0.2, 0.25) is 0 Å². The fourth-order valence-electron chi connectivity index (χ4n) is 1.12. The summed E-state index contributed by atoms with van der Waals surface area (Å²) in [7, 11) is 0. The van der Waals surface area contributed by atoms with Crippen molar-refractivity contribution in [1.29, 1.82) is 5.26 Å². The molecular weight excluding hydrogens is 157 g/mol. The zero-order valence-electron chi connectivity index (χ0n) is 6.20. The van der Waals surface area contributed by atoms with E-state index in [2.05, 4.69) is 0 Å². The normalized spacial score (nSPS) is 26.3. The molecule has 1 aromatic rings. The van der Waals surface area contributed by atoms with Crippen molar-refractivity contribution >= 4 is 0 Å². The fraction of sp³-hybridized carbons (Fsp3) is 0.222. The number of epoxide rings is 1. The van der Waals surface area contributed by atoms with Gasteiger partial charge in [-0.3, -0.25) is 0 Å². The molecule has 0 amide bonds. The lowest BCUT2D eigenvalue weighted by Gasteiger charge is -1.92. The molecule has 0 aliphatic carbocycles. The number of rotatable bonds is 1. The van der Waals surface area contributed by atoms with E-state index in [-0.39, 0.29) is 18.0 Å². The Morgan fingerprint density at radius 3 is 2.50 bits per heavy atom. The summed E-state index contributed by atoms with van der Waals surface area (Å²) in [6, 6.07) is 7.99. The molecule has 1 saturated heterocycles. The topological polar surface area (TPSA) is 36.3 Å². The minimum absolute atomic E-state index is 0.143. The molecule has 0 saturated carbocycles. The first kappa shape index (κ1) is 7.26. The van der Waals surface area contributed by atoms with E-state index < -0.39 is 0 Å². The van der Waals surface area contributed by atoms with Crippen LogP contribution in [0.2, 0.25) is 0 Å². The number of hydrogen-bond donors (Lipinski definition) is 0. The average molecular weight is 163 g/mol. The van der Waals surface area contributed by atoms with E-state index in [1.165, 1.54) is 12.1 Å². The Morgan fingerprint density at radius 1 is 1.33 bits per heavy atom. The molecule has 0 bridgehead atoms. The lowest BCUT2D eigenvalue weighted by atomic mass is 10.1. The van der Waals surface area contributed by atoms with Crippen molar-refractivity contribution in [3.8, 4) is 6.07 Å². The Morgan fingerprint density at radius 2 is 2.00 bits per heavy atom. The molecule has 0 spiro atoms. The largest absolute Gasteiger partial charge is 0.348 e. The Bertz CT molecular complexity index is 327. The van der Waals surface area contributed by atoms with Crippen molar-refractivity contribution in [1.82, 2.24) is 0 Å². The summed E-state index contributed by atoms with van der Waals surface area (Å²) in [4.78, 5) is 0. The van der Waals surface area contributed by atoms with Crippen LogP contribution >= 0.6 is 0 Å². The highest BCUT2D eigenvalue weighted by Crippen LogP contribution is 2.37. The molecule has 2 rings (SSSR count). The van der Waals surface area contributed by atoms with Crippen LogP contribution < -0.4 is 0 Å². The average Bonchev–Trinajstić information content (AvgIpc) is 2.85. The molecule has 1 aliphatic rings. The number of hydrogen-bond acceptors (Lipinski definition) is 2. The minimum atomic E-state index is -0.338. The van der Waals surface area contributed by atoms with Crippen molar-refractivity contribution < 1.29 is 9.13 Å². The summed E-state index contributed by atoms with van der Waals surface area (Å²) in [6.07, 6.45) is -0.480. The van der Waals surface area contributed by atoms with Gasteiger partial charge in [0, 0.05) is 0 Å². The van der Waals surface area contributed by atoms with E-state index in [0.717, 1.165) is 5.56 Å². The van der Waals surface area contributed by atoms with Gasteiger partial charge in [-0.2, -0.15) is 5.26 Å². The Labute approximate surface area is 69.2 Å². The van der Waals surface area contributed by atoms with E-state index in [0.29, 0.717) is 0 Å². The van der Waals surface area contributed by atoms with Crippen molar-refractivity contribution in [3.05, 3.63) is 35.6 Å². The van der Waals surface area contributed by atoms with Crippen LogP contribution in [0.1, 0.15) is 11.7 Å². The highest BCUT2D eigenvalue weighted by Gasteiger charge is 2.40. The fourth-order valence-corrected chi connectivity index (χ4v) is 1.12. The predicted octanol–water partition coefficient (Wildman–Crippen LogP) is 1.79. The standard InChI is InChI=1S/C9H6FNO/c10-7-3-1-6(2-4-7)9-8(5-11)12-9/h1-4,8-9H/t8-,9-/m0/s1. The van der Waals surface area contributed by atoms with Gasteiger partial charge in [-0.1, -0.05) is 12.1 Å². The molecule has 3 heteroatoms. The van der Waals surface area contributed by atoms with Gasteiger partial charge < -0.3 is 4.74 Å². The number of benzene rings is 1. The number of nitrogens with zero attached hydrogens (tertiary/aromatic N) is 1. The third-order valence-electron chi connectivity index (χ3n) is 1.82. The van der Waals surface area contributed by atoms with Crippen molar-refractivity contribution in [2.24, 2.45) is 0 Å². The minimum Gasteiger partial charge on any atom is -0.348 e. The first-order valence-electron chi connectivity index (χ1n) is 3.62. The molecule has 1 aliphatic heterocycles. The lowest BCUT2D eigenvalue weighted by Crippen LogP contribution is -1.84. The van der Waals surface area contributed by atoms with E-state index in [1.807, 2.05) is 6.07 Å². The lowest BCUT2D eigenvalue weighted by molar-refractivity contribution is 0.396. The van der Waals surface area contributed by atoms with Crippen molar-refractivity contribution in [2.45, 2.75) is 12.2 Å². The Kier molecular flexibility index (Phi) is 1.56. The van der Waals surface area contributed by atoms with Crippen LogP contribution in [0.4, 0.5) is 4.39 Å². The smallest absolute Gasteiger partial charge is 0.175 e. The van der Waals surface area contributed by atoms with Gasteiger partial charge in [0.25, 0.3) is 0 Å². The second kappa shape index (κ2) is 2.58. The SMILES string of the molecule is N#C[C@@H]1O[C@H]1c1ccc(F)cc1. The maximum Gasteiger partial charge on any atom is 0.175 e. The molecule has 0 radical (unpaired) electrons. The summed E-state index contributed by atoms with van der Waals surface area (Å²) < 4.78 is 17.5. The van der Waals surface area contributed by atoms with E-state index >= 15 is 0 Å². The van der Waals surface area contributed by atoms with E-state index in [9.17, 15) is 4.39 Å². The molecule has 2 atom stereocenters. The summed E-state index contributed by atoms with van der Waals surface area (Å²) in [5.41, 5.74) is 0.864. The molecule has 1 aromatic carbocycles. The highest BCUT2D eigenvalue weighted by atomic mass is 19.1. The highest BCUT2D eigenvalue weighted by molar-refractivity contribution is 5.25. The molecule has 0 N–H and O–H groups in total. The maximum atomic E-state index is 12.4. The monoisotopic (exact) mass is 163 g/mol. The maximum absolute atomic E-state index is 12.4. The van der Waals surface area contributed by atoms with Crippen LogP contribution in [-0.4, -0.2) is 6.10 Å². The zero-order valence-corrected chi connectivity index (χ0v) is 6.20. The summed E-state index contributed by atoms with van der Waals surface area (Å²) in [5, 5.41) is 8.44. The van der Waals surface area contributed by atoms with Crippen LogP contribution in [0, 0.1) is 17.1 Å². The third-order valence-corrected chi connectivity index (χ3v) is 1.82. The zero-order chi connectivity index (χ0) is 8.55. The second-order valence-corrected chi connectivity index (χ2v) is 2.66. The molecule has 0 unspecified atom stereocenters. The number of halogens is 1. The van der Waals surface area contributed by atoms with E-state index in [4.69, 9.17) is 10.00 Å². The van der Waals surface area contributed by atoms with Crippen LogP contribution in [-0.2, 0) is 4.74 Å². The van der Waals surface area contributed by atoms with Crippen LogP contribution in [0.3, 0.4) is 0 Å². The molecule has 1 fully saturated rings. The van der Waals surface area contributed by atoms with Crippen molar-refractivity contribution in [3.63, 3.8) is 0 Å². The summed E-state index contributed by atoms with van der Waals surface area (Å²) in [6.45, 7) is 0. The van der Waals surface area contributed by atoms with Gasteiger partial charge >= 0.3 is 0 Å². The first-order valence-corrected chi connectivity index (χ1v) is 3.62. The molecule has 0 aromatic heterocycles. The van der Waals surface area contributed by atoms with Gasteiger partial charge in [-0.25, -0.2) is 4.39 Å². The molecule has 2 nitrogen and oxygen atoms in total. The van der Waals surface area contributed by atoms with Crippen LogP contribution in [0.25, 0.3) is 0 Å². The summed E-state index contributed by atoms with van der Waals surface area (Å²) >= 11 is 0. The number of nitriles is 1. The quantitative estimate of drug-likeness (QED) is 0.592. The Balaban J connectivity index is 2.17. The second-order valence-electron chi connectivity index (χ2n) is 2.66. The van der Waals surface area contributed by atoms with E-state index in [1.54, 1.807) is 12.1 Å². The van der Waals surface area contributed by atoms with Crippen LogP contribution in [0.15, 0.2) is 24.3 Å². The van der Waals surface area contributed by atoms with Gasteiger partial charge in [0.15, 0.2) is 6.10 Å². The predicted molar refractivity (Wildman–Crippen MR) is 39.6 cm³/mol. The van der Waals surface area contributed by atoms with Gasteiger partial charge in [0.05, 0.1) is 6.07 Å². The van der Waals surface area contributed by atoms with Gasteiger partial charge in [0.1, 0.15) is 11.9 Å². The summed E-state index contributed by atoms with van der Waals surface area (Å²) in [5.74, 6) is -0.270.